The van der Waals surface area contributed by atoms with Gasteiger partial charge in [0.1, 0.15) is 0 Å². The lowest BCUT2D eigenvalue weighted by Gasteiger charge is -2.07. The van der Waals surface area contributed by atoms with Gasteiger partial charge in [0.25, 0.3) is 0 Å². The summed E-state index contributed by atoms with van der Waals surface area (Å²) in [4.78, 5) is 10.5. The zero-order chi connectivity index (χ0) is 6.69. The Hall–Kier alpha value is 0.01000. The Morgan fingerprint density at radius 3 is 2.55 bits per heavy atom. The van der Waals surface area contributed by atoms with Crippen LogP contribution in [0.15, 0.2) is 0 Å². The van der Waals surface area contributed by atoms with Gasteiger partial charge in [-0.05, 0) is 13.0 Å². The molecular weight excluding hydrogens is 187 g/mol. The lowest BCUT2D eigenvalue weighted by Crippen LogP contribution is -2.34. The summed E-state index contributed by atoms with van der Waals surface area (Å²) < 4.78 is 0. The van der Waals surface area contributed by atoms with Gasteiger partial charge in [-0.25, -0.2) is 0 Å². The third-order valence-electron chi connectivity index (χ3n) is 1.47. The van der Waals surface area contributed by atoms with Crippen LogP contribution >= 0.6 is 24.8 Å². The molecule has 0 aromatic heterocycles. The number of carbonyl (C=O) groups excluding carboxylic acids is 1. The maximum Gasteiger partial charge on any atom is 0.217 e. The van der Waals surface area contributed by atoms with Crippen LogP contribution in [-0.4, -0.2) is 25.0 Å². The summed E-state index contributed by atoms with van der Waals surface area (Å²) in [5, 5.41) is 6.00. The van der Waals surface area contributed by atoms with Gasteiger partial charge in [-0.3, -0.25) is 4.79 Å². The Kier molecular flexibility index (Phi) is 8.28. The highest BCUT2D eigenvalue weighted by Gasteiger charge is 2.13. The molecule has 0 spiro atoms. The van der Waals surface area contributed by atoms with E-state index in [1.54, 1.807) is 6.92 Å². The molecule has 1 aliphatic rings. The fourth-order valence-electron chi connectivity index (χ4n) is 1.07. The van der Waals surface area contributed by atoms with Crippen LogP contribution in [0.2, 0.25) is 0 Å². The van der Waals surface area contributed by atoms with E-state index in [4.69, 9.17) is 0 Å². The predicted octanol–water partition coefficient (Wildman–Crippen LogP) is 0.328. The molecule has 5 heteroatoms. The van der Waals surface area contributed by atoms with Crippen LogP contribution in [0.4, 0.5) is 0 Å². The molecule has 1 saturated heterocycles. The molecule has 0 bridgehead atoms. The normalized spacial score (nSPS) is 21.4. The molecule has 1 atom stereocenters. The van der Waals surface area contributed by atoms with Gasteiger partial charge in [0.2, 0.25) is 5.91 Å². The monoisotopic (exact) mass is 200 g/mol. The molecule has 1 amide bonds. The van der Waals surface area contributed by atoms with Gasteiger partial charge in [-0.15, -0.1) is 24.8 Å². The van der Waals surface area contributed by atoms with E-state index in [2.05, 4.69) is 10.6 Å². The van der Waals surface area contributed by atoms with Crippen molar-refractivity contribution in [2.45, 2.75) is 19.4 Å². The maximum absolute atomic E-state index is 10.5. The van der Waals surface area contributed by atoms with Gasteiger partial charge in [0, 0.05) is 19.5 Å². The molecule has 3 nitrogen and oxygen atoms in total. The van der Waals surface area contributed by atoms with E-state index >= 15 is 0 Å². The standard InChI is InChI=1S/C6H12N2O.2ClH/c1-5(9)8-6-2-3-7-4-6;;/h6-7H,2-4H2,1H3,(H,8,9);2*1H. The molecule has 2 N–H and O–H groups in total. The minimum atomic E-state index is 0. The van der Waals surface area contributed by atoms with Crippen molar-refractivity contribution in [1.82, 2.24) is 10.6 Å². The lowest BCUT2D eigenvalue weighted by molar-refractivity contribution is -0.119. The van der Waals surface area contributed by atoms with Crippen LogP contribution in [0, 0.1) is 0 Å². The first-order chi connectivity index (χ1) is 4.29. The number of nitrogens with one attached hydrogen (secondary N) is 2. The van der Waals surface area contributed by atoms with Crippen molar-refractivity contribution in [1.29, 1.82) is 0 Å². The maximum atomic E-state index is 10.5. The highest BCUT2D eigenvalue weighted by atomic mass is 35.5. The van der Waals surface area contributed by atoms with Crippen molar-refractivity contribution in [3.05, 3.63) is 0 Å². The Morgan fingerprint density at radius 1 is 1.55 bits per heavy atom. The SMILES string of the molecule is CC(=O)NC1CCNC1.Cl.Cl. The van der Waals surface area contributed by atoms with E-state index in [-0.39, 0.29) is 30.7 Å². The average Bonchev–Trinajstić information content (AvgIpc) is 2.15. The van der Waals surface area contributed by atoms with Crippen molar-refractivity contribution in [2.75, 3.05) is 13.1 Å². The third kappa shape index (κ3) is 5.30. The molecule has 1 fully saturated rings. The minimum Gasteiger partial charge on any atom is -0.352 e. The highest BCUT2D eigenvalue weighted by Crippen LogP contribution is 1.95. The van der Waals surface area contributed by atoms with E-state index in [0.29, 0.717) is 6.04 Å². The van der Waals surface area contributed by atoms with Crippen molar-refractivity contribution in [3.63, 3.8) is 0 Å². The van der Waals surface area contributed by atoms with Crippen molar-refractivity contribution in [2.24, 2.45) is 0 Å². The summed E-state index contributed by atoms with van der Waals surface area (Å²) in [6, 6.07) is 0.377. The van der Waals surface area contributed by atoms with E-state index in [1.165, 1.54) is 0 Å². The second kappa shape index (κ2) is 6.70. The minimum absolute atomic E-state index is 0. The number of halogens is 2. The lowest BCUT2D eigenvalue weighted by atomic mass is 10.3. The van der Waals surface area contributed by atoms with Gasteiger partial charge < -0.3 is 10.6 Å². The number of hydrogen-bond donors (Lipinski definition) is 2. The molecule has 1 unspecified atom stereocenters. The second-order valence-corrected chi connectivity index (χ2v) is 2.39. The second-order valence-electron chi connectivity index (χ2n) is 2.39. The molecule has 0 radical (unpaired) electrons. The summed E-state index contributed by atoms with van der Waals surface area (Å²) >= 11 is 0. The zero-order valence-corrected chi connectivity index (χ0v) is 8.06. The number of rotatable bonds is 1. The molecule has 0 aromatic rings. The molecule has 0 aliphatic carbocycles. The van der Waals surface area contributed by atoms with Gasteiger partial charge in [0.15, 0.2) is 0 Å². The molecule has 1 aliphatic heterocycles. The number of carbonyl (C=O) groups is 1. The van der Waals surface area contributed by atoms with E-state index in [9.17, 15) is 4.79 Å². The first-order valence-electron chi connectivity index (χ1n) is 3.27. The van der Waals surface area contributed by atoms with Gasteiger partial charge >= 0.3 is 0 Å². The fraction of sp³-hybridized carbons (Fsp3) is 0.833. The van der Waals surface area contributed by atoms with Crippen molar-refractivity contribution >= 4 is 30.7 Å². The topological polar surface area (TPSA) is 41.1 Å². The molecule has 68 valence electrons. The quantitative estimate of drug-likeness (QED) is 0.641. The third-order valence-corrected chi connectivity index (χ3v) is 1.47. The fourth-order valence-corrected chi connectivity index (χ4v) is 1.07. The van der Waals surface area contributed by atoms with Crippen LogP contribution in [0.3, 0.4) is 0 Å². The molecule has 0 aromatic carbocycles. The zero-order valence-electron chi connectivity index (χ0n) is 6.42. The average molecular weight is 201 g/mol. The van der Waals surface area contributed by atoms with Crippen LogP contribution in [0.5, 0.6) is 0 Å². The van der Waals surface area contributed by atoms with Crippen LogP contribution in [0.25, 0.3) is 0 Å². The molecule has 1 rings (SSSR count). The van der Waals surface area contributed by atoms with Crippen LogP contribution < -0.4 is 10.6 Å². The Labute approximate surface area is 79.1 Å². The molecule has 0 saturated carbocycles. The number of amides is 1. The summed E-state index contributed by atoms with van der Waals surface area (Å²) in [7, 11) is 0. The number of hydrogen-bond acceptors (Lipinski definition) is 2. The Balaban J connectivity index is 0. The summed E-state index contributed by atoms with van der Waals surface area (Å²) in [5.41, 5.74) is 0. The van der Waals surface area contributed by atoms with Gasteiger partial charge in [-0.1, -0.05) is 0 Å². The summed E-state index contributed by atoms with van der Waals surface area (Å²) in [5.74, 6) is 0.0729. The van der Waals surface area contributed by atoms with Crippen LogP contribution in [0.1, 0.15) is 13.3 Å². The van der Waals surface area contributed by atoms with Gasteiger partial charge in [0.05, 0.1) is 0 Å². The van der Waals surface area contributed by atoms with Crippen molar-refractivity contribution < 1.29 is 4.79 Å². The Bertz CT molecular complexity index is 115. The smallest absolute Gasteiger partial charge is 0.217 e. The summed E-state index contributed by atoms with van der Waals surface area (Å²) in [6.07, 6.45) is 1.07. The van der Waals surface area contributed by atoms with Crippen LogP contribution in [-0.2, 0) is 4.79 Å². The van der Waals surface area contributed by atoms with Crippen molar-refractivity contribution in [3.8, 4) is 0 Å². The van der Waals surface area contributed by atoms with Gasteiger partial charge in [-0.2, -0.15) is 0 Å². The molecular formula is C6H14Cl2N2O. The molecule has 1 heterocycles. The predicted molar refractivity (Wildman–Crippen MR) is 49.6 cm³/mol. The largest absolute Gasteiger partial charge is 0.352 e. The van der Waals surface area contributed by atoms with E-state index < -0.39 is 0 Å². The van der Waals surface area contributed by atoms with E-state index in [0.717, 1.165) is 19.5 Å². The first-order valence-corrected chi connectivity index (χ1v) is 3.27. The molecule has 11 heavy (non-hydrogen) atoms. The Morgan fingerprint density at radius 2 is 2.18 bits per heavy atom. The summed E-state index contributed by atoms with van der Waals surface area (Å²) in [6.45, 7) is 3.52. The van der Waals surface area contributed by atoms with E-state index in [1.807, 2.05) is 0 Å². The first kappa shape index (κ1) is 13.6. The highest BCUT2D eigenvalue weighted by molar-refractivity contribution is 5.85.